The maximum atomic E-state index is 13.8. The molecule has 6 nitrogen and oxygen atoms in total. The summed E-state index contributed by atoms with van der Waals surface area (Å²) in [5.41, 5.74) is 0.567. The Morgan fingerprint density at radius 3 is 2.62 bits per heavy atom. The third-order valence-electron chi connectivity index (χ3n) is 4.16. The van der Waals surface area contributed by atoms with Crippen molar-refractivity contribution in [2.45, 2.75) is 13.0 Å². The maximum Gasteiger partial charge on any atom is 0.276 e. The van der Waals surface area contributed by atoms with E-state index in [0.717, 1.165) is 6.20 Å². The fourth-order valence-electron chi connectivity index (χ4n) is 2.80. The van der Waals surface area contributed by atoms with Crippen molar-refractivity contribution in [2.75, 3.05) is 18.0 Å². The standard InChI is InChI=1S/C18H14F2N4O2/c1-11-9-24(14-4-2-12(7-21)3-5-14)16(25)10-23(11)18(26)17-15(20)6-13(19)8-22-17/h2-6,8,11H,9-10H2,1H3. The number of halogens is 2. The van der Waals surface area contributed by atoms with Crippen LogP contribution in [0.15, 0.2) is 36.5 Å². The van der Waals surface area contributed by atoms with Gasteiger partial charge < -0.3 is 9.80 Å². The predicted molar refractivity (Wildman–Crippen MR) is 88.2 cm³/mol. The van der Waals surface area contributed by atoms with Crippen LogP contribution in [0.2, 0.25) is 0 Å². The Labute approximate surface area is 148 Å². The number of pyridine rings is 1. The Hall–Kier alpha value is -3.34. The number of nitrogens with zero attached hydrogens (tertiary/aromatic N) is 4. The highest BCUT2D eigenvalue weighted by atomic mass is 19.1. The Kier molecular flexibility index (Phi) is 4.63. The Bertz CT molecular complexity index is 908. The second kappa shape index (κ2) is 6.88. The molecule has 1 fully saturated rings. The second-order valence-electron chi connectivity index (χ2n) is 5.93. The number of rotatable bonds is 2. The highest BCUT2D eigenvalue weighted by Gasteiger charge is 2.35. The lowest BCUT2D eigenvalue weighted by atomic mass is 10.1. The minimum Gasteiger partial charge on any atom is -0.323 e. The normalized spacial score (nSPS) is 17.2. The number of amides is 2. The highest BCUT2D eigenvalue weighted by molar-refractivity contribution is 6.01. The number of piperazine rings is 1. The molecule has 1 atom stereocenters. The summed E-state index contributed by atoms with van der Waals surface area (Å²) in [6.45, 7) is 1.68. The topological polar surface area (TPSA) is 77.3 Å². The van der Waals surface area contributed by atoms with Crippen molar-refractivity contribution in [2.24, 2.45) is 0 Å². The number of nitriles is 1. The van der Waals surface area contributed by atoms with Gasteiger partial charge in [-0.15, -0.1) is 0 Å². The van der Waals surface area contributed by atoms with Crippen LogP contribution in [0.1, 0.15) is 23.0 Å². The van der Waals surface area contributed by atoms with Crippen molar-refractivity contribution in [3.05, 3.63) is 59.4 Å². The molecule has 26 heavy (non-hydrogen) atoms. The quantitative estimate of drug-likeness (QED) is 0.826. The smallest absolute Gasteiger partial charge is 0.276 e. The van der Waals surface area contributed by atoms with Crippen LogP contribution in [0, 0.1) is 23.0 Å². The summed E-state index contributed by atoms with van der Waals surface area (Å²) >= 11 is 0. The summed E-state index contributed by atoms with van der Waals surface area (Å²) in [6, 6.07) is 8.69. The lowest BCUT2D eigenvalue weighted by Crippen LogP contribution is -2.57. The molecule has 8 heteroatoms. The van der Waals surface area contributed by atoms with Crippen LogP contribution in [0.4, 0.5) is 14.5 Å². The molecule has 0 N–H and O–H groups in total. The molecule has 1 aromatic carbocycles. The molecule has 1 aliphatic rings. The highest BCUT2D eigenvalue weighted by Crippen LogP contribution is 2.22. The van der Waals surface area contributed by atoms with E-state index in [-0.39, 0.29) is 19.0 Å². The zero-order valence-corrected chi connectivity index (χ0v) is 13.8. The third-order valence-corrected chi connectivity index (χ3v) is 4.16. The van der Waals surface area contributed by atoms with Gasteiger partial charge in [0.25, 0.3) is 5.91 Å². The summed E-state index contributed by atoms with van der Waals surface area (Å²) in [5.74, 6) is -3.05. The van der Waals surface area contributed by atoms with Crippen molar-refractivity contribution in [1.29, 1.82) is 5.26 Å². The fourth-order valence-corrected chi connectivity index (χ4v) is 2.80. The van der Waals surface area contributed by atoms with E-state index in [1.54, 1.807) is 31.2 Å². The number of benzene rings is 1. The molecule has 2 aromatic rings. The van der Waals surface area contributed by atoms with Crippen LogP contribution in [-0.4, -0.2) is 40.8 Å². The van der Waals surface area contributed by atoms with Crippen LogP contribution in [0.25, 0.3) is 0 Å². The summed E-state index contributed by atoms with van der Waals surface area (Å²) in [4.78, 5) is 31.2. The Morgan fingerprint density at radius 1 is 1.31 bits per heavy atom. The average Bonchev–Trinajstić information content (AvgIpc) is 2.63. The summed E-state index contributed by atoms with van der Waals surface area (Å²) < 4.78 is 26.8. The molecule has 3 rings (SSSR count). The molecule has 1 aliphatic heterocycles. The van der Waals surface area contributed by atoms with Gasteiger partial charge in [0, 0.05) is 24.3 Å². The first-order valence-electron chi connectivity index (χ1n) is 7.83. The monoisotopic (exact) mass is 356 g/mol. The zero-order valence-electron chi connectivity index (χ0n) is 13.8. The van der Waals surface area contributed by atoms with E-state index >= 15 is 0 Å². The molecule has 132 valence electrons. The summed E-state index contributed by atoms with van der Waals surface area (Å²) in [5, 5.41) is 8.84. The lowest BCUT2D eigenvalue weighted by molar-refractivity contribution is -0.121. The molecule has 2 heterocycles. The zero-order chi connectivity index (χ0) is 18.8. The van der Waals surface area contributed by atoms with Crippen LogP contribution in [0.3, 0.4) is 0 Å². The van der Waals surface area contributed by atoms with E-state index in [0.29, 0.717) is 17.3 Å². The number of hydrogen-bond donors (Lipinski definition) is 0. The number of hydrogen-bond acceptors (Lipinski definition) is 4. The number of carbonyl (C=O) groups is 2. The van der Waals surface area contributed by atoms with Gasteiger partial charge in [-0.1, -0.05) is 0 Å². The van der Waals surface area contributed by atoms with Gasteiger partial charge in [0.2, 0.25) is 5.91 Å². The van der Waals surface area contributed by atoms with Crippen molar-refractivity contribution < 1.29 is 18.4 Å². The van der Waals surface area contributed by atoms with E-state index in [1.807, 2.05) is 6.07 Å². The number of anilines is 1. The van der Waals surface area contributed by atoms with Gasteiger partial charge in [-0.3, -0.25) is 9.59 Å². The van der Waals surface area contributed by atoms with Gasteiger partial charge in [-0.2, -0.15) is 5.26 Å². The maximum absolute atomic E-state index is 13.8. The molecular weight excluding hydrogens is 342 g/mol. The van der Waals surface area contributed by atoms with E-state index in [9.17, 15) is 18.4 Å². The van der Waals surface area contributed by atoms with E-state index in [1.165, 1.54) is 9.80 Å². The second-order valence-corrected chi connectivity index (χ2v) is 5.93. The average molecular weight is 356 g/mol. The summed E-state index contributed by atoms with van der Waals surface area (Å²) in [7, 11) is 0. The molecule has 1 saturated heterocycles. The van der Waals surface area contributed by atoms with Crippen LogP contribution in [-0.2, 0) is 4.79 Å². The minimum absolute atomic E-state index is 0.208. The molecule has 0 bridgehead atoms. The van der Waals surface area contributed by atoms with E-state index in [2.05, 4.69) is 4.98 Å². The van der Waals surface area contributed by atoms with Crippen LogP contribution < -0.4 is 4.90 Å². The Morgan fingerprint density at radius 2 is 2.00 bits per heavy atom. The first kappa shape index (κ1) is 17.5. The predicted octanol–water partition coefficient (Wildman–Crippen LogP) is 2.11. The molecule has 0 aliphatic carbocycles. The van der Waals surface area contributed by atoms with Crippen LogP contribution >= 0.6 is 0 Å². The molecule has 2 amide bonds. The van der Waals surface area contributed by atoms with Crippen molar-refractivity contribution in [3.8, 4) is 6.07 Å². The van der Waals surface area contributed by atoms with Crippen molar-refractivity contribution in [3.63, 3.8) is 0 Å². The van der Waals surface area contributed by atoms with Gasteiger partial charge in [-0.25, -0.2) is 13.8 Å². The first-order valence-corrected chi connectivity index (χ1v) is 7.83. The molecule has 1 aromatic heterocycles. The molecular formula is C18H14F2N4O2. The fraction of sp³-hybridized carbons (Fsp3) is 0.222. The minimum atomic E-state index is -1.07. The SMILES string of the molecule is CC1CN(c2ccc(C#N)cc2)C(=O)CN1C(=O)c1ncc(F)cc1F. The van der Waals surface area contributed by atoms with Gasteiger partial charge in [0.05, 0.1) is 17.8 Å². The molecule has 0 spiro atoms. The number of carbonyl (C=O) groups excluding carboxylic acids is 2. The lowest BCUT2D eigenvalue weighted by Gasteiger charge is -2.39. The van der Waals surface area contributed by atoms with Crippen molar-refractivity contribution in [1.82, 2.24) is 9.88 Å². The summed E-state index contributed by atoms with van der Waals surface area (Å²) in [6.07, 6.45) is 0.760. The van der Waals surface area contributed by atoms with E-state index < -0.39 is 29.3 Å². The van der Waals surface area contributed by atoms with Gasteiger partial charge in [0.15, 0.2) is 11.5 Å². The van der Waals surface area contributed by atoms with Gasteiger partial charge in [0.1, 0.15) is 12.4 Å². The van der Waals surface area contributed by atoms with Gasteiger partial charge >= 0.3 is 0 Å². The third kappa shape index (κ3) is 3.24. The largest absolute Gasteiger partial charge is 0.323 e. The van der Waals surface area contributed by atoms with Crippen molar-refractivity contribution >= 4 is 17.5 Å². The Balaban J connectivity index is 1.80. The molecule has 0 radical (unpaired) electrons. The number of aromatic nitrogens is 1. The van der Waals surface area contributed by atoms with Crippen LogP contribution in [0.5, 0.6) is 0 Å². The molecule has 1 unspecified atom stereocenters. The van der Waals surface area contributed by atoms with Gasteiger partial charge in [-0.05, 0) is 31.2 Å². The van der Waals surface area contributed by atoms with E-state index in [4.69, 9.17) is 5.26 Å². The first-order chi connectivity index (χ1) is 12.4. The molecule has 0 saturated carbocycles.